The molecule has 0 aliphatic rings. The first-order valence-corrected chi connectivity index (χ1v) is 2.56. The number of allylic oxidation sites excluding steroid dienone is 2. The molecule has 0 spiro atoms. The number of hydrogen-bond donors (Lipinski definition) is 0. The quantitative estimate of drug-likeness (QED) is 0.481. The Labute approximate surface area is 45.2 Å². The van der Waals surface area contributed by atoms with Gasteiger partial charge in [0.05, 0.1) is 0 Å². The largest absolute Gasteiger partial charge is 0.702 e. The molecule has 0 aromatic rings. The topological polar surface area (TPSA) is 23.8 Å². The molecule has 0 saturated heterocycles. The van der Waals surface area contributed by atoms with Crippen LogP contribution in [0.4, 0.5) is 0 Å². The molecule has 1 nitrogen and oxygen atoms in total. The third-order valence-electron chi connectivity index (χ3n) is 1.17. The summed E-state index contributed by atoms with van der Waals surface area (Å²) >= 11 is 0. The average molecular weight is 98.2 g/mol. The first-order valence-electron chi connectivity index (χ1n) is 2.56. The highest BCUT2D eigenvalue weighted by Gasteiger charge is 1.77. The SMILES string of the molecule is CCC(C)=C(C)[NH-]. The van der Waals surface area contributed by atoms with E-state index in [0.29, 0.717) is 5.70 Å². The second-order valence-electron chi connectivity index (χ2n) is 1.76. The summed E-state index contributed by atoms with van der Waals surface area (Å²) in [4.78, 5) is 0. The predicted octanol–water partition coefficient (Wildman–Crippen LogP) is 2.74. The molecule has 0 radical (unpaired) electrons. The molecule has 42 valence electrons. The zero-order valence-corrected chi connectivity index (χ0v) is 5.21. The van der Waals surface area contributed by atoms with Crippen molar-refractivity contribution in [3.63, 3.8) is 0 Å². The van der Waals surface area contributed by atoms with Gasteiger partial charge >= 0.3 is 0 Å². The van der Waals surface area contributed by atoms with E-state index in [9.17, 15) is 0 Å². The molecule has 0 aromatic carbocycles. The zero-order valence-electron chi connectivity index (χ0n) is 5.21. The fourth-order valence-electron chi connectivity index (χ4n) is 0.265. The van der Waals surface area contributed by atoms with Gasteiger partial charge in [0.2, 0.25) is 0 Å². The molecule has 1 N–H and O–H groups in total. The summed E-state index contributed by atoms with van der Waals surface area (Å²) in [5.41, 5.74) is 8.95. The third-order valence-corrected chi connectivity index (χ3v) is 1.17. The summed E-state index contributed by atoms with van der Waals surface area (Å²) in [6.07, 6.45) is 1.01. The third kappa shape index (κ3) is 2.26. The molecular formula is C6H12N-. The molecule has 0 aliphatic carbocycles. The van der Waals surface area contributed by atoms with E-state index < -0.39 is 0 Å². The molecule has 0 aromatic heterocycles. The Morgan fingerprint density at radius 1 is 1.43 bits per heavy atom. The first-order chi connectivity index (χ1) is 3.18. The van der Waals surface area contributed by atoms with Gasteiger partial charge in [-0.2, -0.15) is 5.70 Å². The smallest absolute Gasteiger partial charge is 0.0364 e. The molecule has 0 fully saturated rings. The van der Waals surface area contributed by atoms with Gasteiger partial charge in [0.15, 0.2) is 0 Å². The van der Waals surface area contributed by atoms with Crippen LogP contribution in [-0.2, 0) is 0 Å². The summed E-state index contributed by atoms with van der Waals surface area (Å²) in [5.74, 6) is 0. The van der Waals surface area contributed by atoms with Crippen molar-refractivity contribution in [3.8, 4) is 0 Å². The fraction of sp³-hybridized carbons (Fsp3) is 0.667. The van der Waals surface area contributed by atoms with Crippen LogP contribution >= 0.6 is 0 Å². The van der Waals surface area contributed by atoms with E-state index in [1.165, 1.54) is 5.57 Å². The Hall–Kier alpha value is -0.460. The monoisotopic (exact) mass is 98.1 g/mol. The van der Waals surface area contributed by atoms with Crippen LogP contribution < -0.4 is 0 Å². The molecule has 0 amide bonds. The van der Waals surface area contributed by atoms with E-state index in [4.69, 9.17) is 5.73 Å². The maximum absolute atomic E-state index is 7.06. The molecule has 0 unspecified atom stereocenters. The van der Waals surface area contributed by atoms with Gasteiger partial charge in [-0.05, 0) is 13.3 Å². The molecule has 0 atom stereocenters. The van der Waals surface area contributed by atoms with Crippen LogP contribution in [0.3, 0.4) is 0 Å². The summed E-state index contributed by atoms with van der Waals surface area (Å²) < 4.78 is 0. The van der Waals surface area contributed by atoms with Crippen LogP contribution in [0.5, 0.6) is 0 Å². The van der Waals surface area contributed by atoms with Crippen molar-refractivity contribution in [1.82, 2.24) is 0 Å². The number of hydrogen-bond acceptors (Lipinski definition) is 0. The maximum Gasteiger partial charge on any atom is -0.0364 e. The summed E-state index contributed by atoms with van der Waals surface area (Å²) in [7, 11) is 0. The van der Waals surface area contributed by atoms with Gasteiger partial charge in [0.25, 0.3) is 0 Å². The number of rotatable bonds is 1. The van der Waals surface area contributed by atoms with Crippen LogP contribution in [-0.4, -0.2) is 0 Å². The normalized spacial score (nSPS) is 13.6. The molecule has 0 aliphatic heterocycles. The van der Waals surface area contributed by atoms with Crippen molar-refractivity contribution in [2.75, 3.05) is 0 Å². The van der Waals surface area contributed by atoms with Gasteiger partial charge in [-0.3, -0.25) is 0 Å². The van der Waals surface area contributed by atoms with Gasteiger partial charge in [-0.15, -0.1) is 0 Å². The van der Waals surface area contributed by atoms with Crippen molar-refractivity contribution in [3.05, 3.63) is 17.0 Å². The lowest BCUT2D eigenvalue weighted by atomic mass is 10.2. The van der Waals surface area contributed by atoms with Crippen LogP contribution in [0, 0.1) is 0 Å². The van der Waals surface area contributed by atoms with Crippen LogP contribution in [0.15, 0.2) is 11.3 Å². The van der Waals surface area contributed by atoms with Crippen LogP contribution in [0.1, 0.15) is 27.2 Å². The van der Waals surface area contributed by atoms with Crippen LogP contribution in [0.25, 0.3) is 5.73 Å². The molecule has 7 heavy (non-hydrogen) atoms. The lowest BCUT2D eigenvalue weighted by Gasteiger charge is -2.05. The Balaban J connectivity index is 3.72. The summed E-state index contributed by atoms with van der Waals surface area (Å²) in [5, 5.41) is 0. The van der Waals surface area contributed by atoms with E-state index in [1.807, 2.05) is 13.8 Å². The highest BCUT2D eigenvalue weighted by molar-refractivity contribution is 5.12. The molecule has 0 saturated carbocycles. The zero-order chi connectivity index (χ0) is 5.86. The summed E-state index contributed by atoms with van der Waals surface area (Å²) in [6.45, 7) is 5.87. The Morgan fingerprint density at radius 2 is 1.86 bits per heavy atom. The standard InChI is InChI=1S/C6H12N/c1-4-5(2)6(3)7/h7H,4H2,1-3H3/q-1. The highest BCUT2D eigenvalue weighted by Crippen LogP contribution is 2.05. The second-order valence-corrected chi connectivity index (χ2v) is 1.76. The van der Waals surface area contributed by atoms with Crippen molar-refractivity contribution < 1.29 is 0 Å². The van der Waals surface area contributed by atoms with Gasteiger partial charge in [-0.25, -0.2) is 0 Å². The van der Waals surface area contributed by atoms with E-state index in [1.54, 1.807) is 0 Å². The van der Waals surface area contributed by atoms with E-state index in [0.717, 1.165) is 6.42 Å². The minimum absolute atomic E-state index is 0.711. The van der Waals surface area contributed by atoms with Gasteiger partial charge in [-0.1, -0.05) is 19.4 Å². The predicted molar refractivity (Wildman–Crippen MR) is 33.0 cm³/mol. The minimum Gasteiger partial charge on any atom is -0.702 e. The molecule has 1 heteroatoms. The lowest BCUT2D eigenvalue weighted by Crippen LogP contribution is -1.72. The van der Waals surface area contributed by atoms with E-state index in [2.05, 4.69) is 6.92 Å². The Bertz CT molecular complexity index is 78.2. The average Bonchev–Trinajstić information content (AvgIpc) is 1.65. The molecule has 0 rings (SSSR count). The van der Waals surface area contributed by atoms with Crippen molar-refractivity contribution in [2.45, 2.75) is 27.2 Å². The van der Waals surface area contributed by atoms with Crippen molar-refractivity contribution >= 4 is 0 Å². The summed E-state index contributed by atoms with van der Waals surface area (Å²) in [6, 6.07) is 0. The van der Waals surface area contributed by atoms with Crippen molar-refractivity contribution in [1.29, 1.82) is 0 Å². The van der Waals surface area contributed by atoms with Gasteiger partial charge < -0.3 is 5.73 Å². The maximum atomic E-state index is 7.06. The number of nitrogens with one attached hydrogen (secondary N) is 1. The fourth-order valence-corrected chi connectivity index (χ4v) is 0.265. The lowest BCUT2D eigenvalue weighted by molar-refractivity contribution is 1.07. The highest BCUT2D eigenvalue weighted by atomic mass is 14.6. The molecular weight excluding hydrogens is 86.1 g/mol. The molecule has 0 heterocycles. The molecule has 0 bridgehead atoms. The van der Waals surface area contributed by atoms with Crippen LogP contribution in [0.2, 0.25) is 0 Å². The first kappa shape index (κ1) is 6.54. The Kier molecular flexibility index (Phi) is 2.49. The van der Waals surface area contributed by atoms with E-state index in [-0.39, 0.29) is 0 Å². The van der Waals surface area contributed by atoms with Crippen molar-refractivity contribution in [2.24, 2.45) is 0 Å². The van der Waals surface area contributed by atoms with E-state index >= 15 is 0 Å². The Morgan fingerprint density at radius 3 is 1.86 bits per heavy atom. The minimum atomic E-state index is 0.711. The second kappa shape index (κ2) is 2.67. The van der Waals surface area contributed by atoms with Gasteiger partial charge in [0, 0.05) is 0 Å². The van der Waals surface area contributed by atoms with Gasteiger partial charge in [0.1, 0.15) is 0 Å².